The maximum absolute atomic E-state index is 6.30. The van der Waals surface area contributed by atoms with E-state index in [0.717, 1.165) is 72.4 Å². The van der Waals surface area contributed by atoms with Crippen LogP contribution in [0.3, 0.4) is 0 Å². The predicted octanol–water partition coefficient (Wildman–Crippen LogP) is 13.6. The van der Waals surface area contributed by atoms with Crippen LogP contribution in [0.25, 0.3) is 111 Å². The molecule has 0 spiro atoms. The van der Waals surface area contributed by atoms with E-state index in [-0.39, 0.29) is 0 Å². The Bertz CT molecular complexity index is 3520. The lowest BCUT2D eigenvalue weighted by molar-refractivity contribution is 0.669. The van der Waals surface area contributed by atoms with Crippen LogP contribution in [0.15, 0.2) is 199 Å². The number of hydrogen-bond donors (Lipinski definition) is 0. The van der Waals surface area contributed by atoms with Gasteiger partial charge in [-0.2, -0.15) is 0 Å². The molecule has 0 fully saturated rings. The minimum absolute atomic E-state index is 0.659. The van der Waals surface area contributed by atoms with Crippen molar-refractivity contribution in [1.29, 1.82) is 0 Å². The van der Waals surface area contributed by atoms with Crippen molar-refractivity contribution in [1.82, 2.24) is 19.1 Å². The molecule has 0 saturated carbocycles. The Hall–Kier alpha value is -7.76. The Balaban J connectivity index is 1.07. The average Bonchev–Trinajstić information content (AvgIpc) is 3.94. The van der Waals surface area contributed by atoms with Gasteiger partial charge in [0.1, 0.15) is 11.2 Å². The van der Waals surface area contributed by atoms with Gasteiger partial charge in [-0.1, -0.05) is 121 Å². The molecule has 4 aromatic heterocycles. The number of para-hydroxylation sites is 4. The fourth-order valence-electron chi connectivity index (χ4n) is 8.80. The van der Waals surface area contributed by atoms with Crippen LogP contribution in [-0.4, -0.2) is 19.1 Å². The summed E-state index contributed by atoms with van der Waals surface area (Å²) in [6.45, 7) is 0. The predicted molar refractivity (Wildman–Crippen MR) is 234 cm³/mol. The summed E-state index contributed by atoms with van der Waals surface area (Å²) in [5, 5.41) is 7.14. The summed E-state index contributed by atoms with van der Waals surface area (Å²) in [6.07, 6.45) is 0. The van der Waals surface area contributed by atoms with Crippen LogP contribution in [-0.2, 0) is 0 Å². The average molecular weight is 729 g/mol. The highest BCUT2D eigenvalue weighted by molar-refractivity contribution is 6.29. The molecule has 5 nitrogen and oxygen atoms in total. The van der Waals surface area contributed by atoms with Crippen LogP contribution in [0, 0.1) is 0 Å². The molecule has 266 valence electrons. The van der Waals surface area contributed by atoms with Gasteiger partial charge in [0.2, 0.25) is 0 Å². The molecule has 0 N–H and O–H groups in total. The summed E-state index contributed by atoms with van der Waals surface area (Å²) in [7, 11) is 0. The van der Waals surface area contributed by atoms with Gasteiger partial charge in [-0.05, 0) is 72.8 Å². The van der Waals surface area contributed by atoms with Gasteiger partial charge in [0, 0.05) is 60.4 Å². The number of rotatable bonds is 5. The molecule has 12 aromatic rings. The summed E-state index contributed by atoms with van der Waals surface area (Å²) < 4.78 is 11.1. The van der Waals surface area contributed by atoms with Gasteiger partial charge >= 0.3 is 0 Å². The Morgan fingerprint density at radius 2 is 0.877 bits per heavy atom. The van der Waals surface area contributed by atoms with Crippen molar-refractivity contribution < 1.29 is 4.42 Å². The van der Waals surface area contributed by atoms with E-state index >= 15 is 0 Å². The first-order chi connectivity index (χ1) is 28.3. The van der Waals surface area contributed by atoms with Gasteiger partial charge < -0.3 is 13.6 Å². The van der Waals surface area contributed by atoms with E-state index in [1.807, 2.05) is 36.4 Å². The first-order valence-electron chi connectivity index (χ1n) is 19.2. The van der Waals surface area contributed by atoms with Gasteiger partial charge in [-0.15, -0.1) is 0 Å². The Kier molecular flexibility index (Phi) is 6.86. The highest BCUT2D eigenvalue weighted by Gasteiger charge is 2.21. The minimum atomic E-state index is 0.659. The molecule has 0 aliphatic carbocycles. The van der Waals surface area contributed by atoms with Crippen LogP contribution in [0.5, 0.6) is 0 Å². The van der Waals surface area contributed by atoms with Crippen molar-refractivity contribution in [2.45, 2.75) is 0 Å². The quantitative estimate of drug-likeness (QED) is 0.177. The van der Waals surface area contributed by atoms with E-state index in [0.29, 0.717) is 5.82 Å². The third-order valence-electron chi connectivity index (χ3n) is 11.3. The highest BCUT2D eigenvalue weighted by Crippen LogP contribution is 2.43. The normalized spacial score (nSPS) is 11.9. The Labute approximate surface area is 327 Å². The lowest BCUT2D eigenvalue weighted by Gasteiger charge is -2.12. The third-order valence-corrected chi connectivity index (χ3v) is 11.3. The summed E-state index contributed by atoms with van der Waals surface area (Å²) >= 11 is 0. The highest BCUT2D eigenvalue weighted by atomic mass is 16.3. The lowest BCUT2D eigenvalue weighted by atomic mass is 10.0. The van der Waals surface area contributed by atoms with Crippen molar-refractivity contribution in [3.8, 4) is 45.3 Å². The second-order valence-electron chi connectivity index (χ2n) is 14.6. The largest absolute Gasteiger partial charge is 0.456 e. The molecular weight excluding hydrogens is 697 g/mol. The zero-order valence-corrected chi connectivity index (χ0v) is 30.7. The smallest absolute Gasteiger partial charge is 0.160 e. The molecule has 0 bridgehead atoms. The molecular formula is C52H32N4O. The van der Waals surface area contributed by atoms with E-state index in [2.05, 4.69) is 167 Å². The number of furan rings is 1. The van der Waals surface area contributed by atoms with Crippen molar-refractivity contribution >= 4 is 65.6 Å². The minimum Gasteiger partial charge on any atom is -0.456 e. The molecule has 12 rings (SSSR count). The summed E-state index contributed by atoms with van der Waals surface area (Å²) in [4.78, 5) is 10.5. The van der Waals surface area contributed by atoms with Crippen LogP contribution in [0.4, 0.5) is 0 Å². The van der Waals surface area contributed by atoms with Gasteiger partial charge in [-0.25, -0.2) is 9.97 Å². The van der Waals surface area contributed by atoms with E-state index < -0.39 is 0 Å². The van der Waals surface area contributed by atoms with Crippen LogP contribution >= 0.6 is 0 Å². The molecule has 0 atom stereocenters. The maximum atomic E-state index is 6.30. The van der Waals surface area contributed by atoms with Crippen molar-refractivity contribution in [2.75, 3.05) is 0 Å². The van der Waals surface area contributed by atoms with Crippen LogP contribution in [0.2, 0.25) is 0 Å². The second-order valence-corrected chi connectivity index (χ2v) is 14.6. The van der Waals surface area contributed by atoms with E-state index in [1.165, 1.54) is 32.6 Å². The standard InChI is InChI=1S/C52H32N4O/c1-3-14-33(15-4-1)42-32-43(34-26-27-39-38-20-9-12-25-48(38)57-49(39)31-34)54-52(53-42)35-16-13-19-37(30-35)56-45-24-11-8-22-41(45)51-47(56)29-28-46-50(51)40-21-7-10-23-44(40)55(46)36-17-5-2-6-18-36/h1-32H. The molecule has 0 radical (unpaired) electrons. The van der Waals surface area contributed by atoms with E-state index in [1.54, 1.807) is 0 Å². The molecule has 8 aromatic carbocycles. The van der Waals surface area contributed by atoms with Crippen LogP contribution in [0.1, 0.15) is 0 Å². The van der Waals surface area contributed by atoms with Gasteiger partial charge in [0.25, 0.3) is 0 Å². The number of hydrogen-bond acceptors (Lipinski definition) is 3. The number of fused-ring (bicyclic) bond motifs is 10. The number of aromatic nitrogens is 4. The summed E-state index contributed by atoms with van der Waals surface area (Å²) in [5.74, 6) is 0.659. The fraction of sp³-hybridized carbons (Fsp3) is 0. The van der Waals surface area contributed by atoms with Gasteiger partial charge in [0.05, 0.1) is 33.5 Å². The molecule has 0 aliphatic heterocycles. The summed E-state index contributed by atoms with van der Waals surface area (Å²) in [5.41, 5.74) is 13.2. The van der Waals surface area contributed by atoms with Gasteiger partial charge in [0.15, 0.2) is 5.82 Å². The lowest BCUT2D eigenvalue weighted by Crippen LogP contribution is -1.98. The first kappa shape index (κ1) is 31.6. The monoisotopic (exact) mass is 728 g/mol. The maximum Gasteiger partial charge on any atom is 0.160 e. The zero-order chi connectivity index (χ0) is 37.5. The Morgan fingerprint density at radius 3 is 1.60 bits per heavy atom. The first-order valence-corrected chi connectivity index (χ1v) is 19.2. The molecule has 57 heavy (non-hydrogen) atoms. The molecule has 0 saturated heterocycles. The van der Waals surface area contributed by atoms with E-state index in [4.69, 9.17) is 14.4 Å². The fourth-order valence-corrected chi connectivity index (χ4v) is 8.80. The summed E-state index contributed by atoms with van der Waals surface area (Å²) in [6, 6.07) is 68.3. The van der Waals surface area contributed by atoms with Crippen molar-refractivity contribution in [3.05, 3.63) is 194 Å². The second kappa shape index (κ2) is 12.4. The SMILES string of the molecule is c1ccc(-c2cc(-c3ccc4c(c3)oc3ccccc34)nc(-c3cccc(-n4c5ccccc5c5c6c7ccccc7n(-c7ccccc7)c6ccc54)c3)n2)cc1. The van der Waals surface area contributed by atoms with E-state index in [9.17, 15) is 0 Å². The van der Waals surface area contributed by atoms with Gasteiger partial charge in [-0.3, -0.25) is 0 Å². The number of benzene rings is 8. The topological polar surface area (TPSA) is 48.8 Å². The molecule has 0 unspecified atom stereocenters. The molecule has 5 heteroatoms. The van der Waals surface area contributed by atoms with Crippen LogP contribution < -0.4 is 0 Å². The molecule has 0 aliphatic rings. The third kappa shape index (κ3) is 4.89. The van der Waals surface area contributed by atoms with Crippen molar-refractivity contribution in [3.63, 3.8) is 0 Å². The van der Waals surface area contributed by atoms with Crippen molar-refractivity contribution in [2.24, 2.45) is 0 Å². The number of nitrogens with zero attached hydrogens (tertiary/aromatic N) is 4. The Morgan fingerprint density at radius 1 is 0.333 bits per heavy atom. The zero-order valence-electron chi connectivity index (χ0n) is 30.7. The molecule has 0 amide bonds. The molecule has 4 heterocycles.